The maximum Gasteiger partial charge on any atom is 0.329 e. The molecule has 0 radical (unpaired) electrons. The molecule has 0 unspecified atom stereocenters. The van der Waals surface area contributed by atoms with Gasteiger partial charge in [-0.1, -0.05) is 0 Å². The average molecular weight is 432 g/mol. The Morgan fingerprint density at radius 3 is 2.23 bits per heavy atom. The van der Waals surface area contributed by atoms with E-state index < -0.39 is 11.8 Å². The zero-order chi connectivity index (χ0) is 21.9. The molecule has 0 aromatic heterocycles. The summed E-state index contributed by atoms with van der Waals surface area (Å²) in [7, 11) is 0. The van der Waals surface area contributed by atoms with Gasteiger partial charge in [-0.25, -0.2) is 5.43 Å². The summed E-state index contributed by atoms with van der Waals surface area (Å²) in [6, 6.07) is 6.80. The van der Waals surface area contributed by atoms with Crippen LogP contribution in [0.25, 0.3) is 0 Å². The Balaban J connectivity index is 1.32. The molecule has 3 rings (SSSR count). The Morgan fingerprint density at radius 2 is 1.61 bits per heavy atom. The van der Waals surface area contributed by atoms with E-state index in [2.05, 4.69) is 21.2 Å². The molecule has 31 heavy (non-hydrogen) atoms. The molecule has 0 saturated carbocycles. The minimum atomic E-state index is -0.844. The van der Waals surface area contributed by atoms with Crippen molar-refractivity contribution in [2.45, 2.75) is 37.9 Å². The van der Waals surface area contributed by atoms with E-state index in [-0.39, 0.29) is 24.7 Å². The summed E-state index contributed by atoms with van der Waals surface area (Å²) in [5.74, 6) is -1.28. The molecule has 0 spiro atoms. The standard InChI is InChI=1S/C21H28N4O6/c26-19(22-12-17-3-1-9-29-17)14-31-16-7-5-15(6-8-16)11-24-25-21(28)20(27)23-13-18-4-2-10-30-18/h5-8,11,17-18H,1-4,9-10,12-14H2,(H,22,26)(H,23,27)(H,25,28)/b24-11-/t17-,18-/m1/s1. The number of nitrogens with zero attached hydrogens (tertiary/aromatic N) is 1. The molecule has 168 valence electrons. The Hall–Kier alpha value is -2.98. The quantitative estimate of drug-likeness (QED) is 0.289. The van der Waals surface area contributed by atoms with E-state index in [9.17, 15) is 14.4 Å². The number of carbonyl (C=O) groups is 3. The second kappa shape index (κ2) is 12.0. The van der Waals surface area contributed by atoms with Gasteiger partial charge in [-0.3, -0.25) is 14.4 Å². The highest BCUT2D eigenvalue weighted by Gasteiger charge is 2.19. The maximum atomic E-state index is 11.8. The summed E-state index contributed by atoms with van der Waals surface area (Å²) in [5, 5.41) is 9.09. The van der Waals surface area contributed by atoms with Gasteiger partial charge in [0.25, 0.3) is 5.91 Å². The number of hydrogen-bond acceptors (Lipinski definition) is 7. The van der Waals surface area contributed by atoms with Gasteiger partial charge in [0.05, 0.1) is 18.4 Å². The highest BCUT2D eigenvalue weighted by Crippen LogP contribution is 2.12. The first kappa shape index (κ1) is 22.7. The van der Waals surface area contributed by atoms with E-state index in [4.69, 9.17) is 14.2 Å². The number of hydrazone groups is 1. The number of nitrogens with one attached hydrogen (secondary N) is 3. The van der Waals surface area contributed by atoms with Crippen LogP contribution in [-0.2, 0) is 23.9 Å². The van der Waals surface area contributed by atoms with Gasteiger partial charge in [-0.05, 0) is 55.5 Å². The molecule has 10 nitrogen and oxygen atoms in total. The first-order chi connectivity index (χ1) is 15.1. The van der Waals surface area contributed by atoms with E-state index in [0.717, 1.165) is 32.3 Å². The van der Waals surface area contributed by atoms with Crippen molar-refractivity contribution in [3.8, 4) is 5.75 Å². The number of rotatable bonds is 9. The molecule has 2 saturated heterocycles. The van der Waals surface area contributed by atoms with Crippen LogP contribution >= 0.6 is 0 Å². The molecule has 2 aliphatic rings. The summed E-state index contributed by atoms with van der Waals surface area (Å²) in [6.07, 6.45) is 5.29. The van der Waals surface area contributed by atoms with Gasteiger partial charge in [-0.15, -0.1) is 0 Å². The molecular formula is C21H28N4O6. The molecule has 10 heteroatoms. The monoisotopic (exact) mass is 432 g/mol. The molecule has 2 atom stereocenters. The third-order valence-corrected chi connectivity index (χ3v) is 4.90. The van der Waals surface area contributed by atoms with Gasteiger partial charge >= 0.3 is 11.8 Å². The SMILES string of the molecule is O=C(COc1ccc(/C=N\NC(=O)C(=O)NC[C@H]2CCCO2)cc1)NC[C@H]1CCCO1. The highest BCUT2D eigenvalue weighted by atomic mass is 16.5. The van der Waals surface area contributed by atoms with Crippen molar-refractivity contribution in [1.82, 2.24) is 16.1 Å². The van der Waals surface area contributed by atoms with Crippen LogP contribution in [-0.4, -0.2) is 69.1 Å². The summed E-state index contributed by atoms with van der Waals surface area (Å²) >= 11 is 0. The summed E-state index contributed by atoms with van der Waals surface area (Å²) in [5.41, 5.74) is 2.87. The molecule has 2 heterocycles. The Morgan fingerprint density at radius 1 is 0.968 bits per heavy atom. The molecule has 3 amide bonds. The van der Waals surface area contributed by atoms with Crippen molar-refractivity contribution in [3.63, 3.8) is 0 Å². The maximum absolute atomic E-state index is 11.8. The molecule has 2 fully saturated rings. The lowest BCUT2D eigenvalue weighted by molar-refractivity contribution is -0.139. The largest absolute Gasteiger partial charge is 0.484 e. The zero-order valence-electron chi connectivity index (χ0n) is 17.3. The predicted molar refractivity (Wildman–Crippen MR) is 112 cm³/mol. The summed E-state index contributed by atoms with van der Waals surface area (Å²) in [4.78, 5) is 35.3. The van der Waals surface area contributed by atoms with Crippen LogP contribution < -0.4 is 20.8 Å². The second-order valence-corrected chi connectivity index (χ2v) is 7.34. The molecule has 1 aromatic carbocycles. The zero-order valence-corrected chi connectivity index (χ0v) is 17.3. The van der Waals surface area contributed by atoms with Crippen LogP contribution in [0.5, 0.6) is 5.75 Å². The predicted octanol–water partition coefficient (Wildman–Crippen LogP) is 0.106. The van der Waals surface area contributed by atoms with E-state index in [0.29, 0.717) is 31.0 Å². The number of amides is 3. The topological polar surface area (TPSA) is 127 Å². The van der Waals surface area contributed by atoms with Gasteiger partial charge in [0.1, 0.15) is 5.75 Å². The number of carbonyl (C=O) groups excluding carboxylic acids is 3. The third kappa shape index (κ3) is 7.99. The highest BCUT2D eigenvalue weighted by molar-refractivity contribution is 6.35. The van der Waals surface area contributed by atoms with Crippen LogP contribution in [0.3, 0.4) is 0 Å². The molecule has 0 aliphatic carbocycles. The van der Waals surface area contributed by atoms with Crippen molar-refractivity contribution in [2.75, 3.05) is 32.9 Å². The van der Waals surface area contributed by atoms with Gasteiger partial charge in [0.2, 0.25) is 0 Å². The lowest BCUT2D eigenvalue weighted by Gasteiger charge is -2.11. The van der Waals surface area contributed by atoms with E-state index >= 15 is 0 Å². The fourth-order valence-corrected chi connectivity index (χ4v) is 3.19. The van der Waals surface area contributed by atoms with Crippen LogP contribution in [0.15, 0.2) is 29.4 Å². The van der Waals surface area contributed by atoms with Crippen molar-refractivity contribution in [1.29, 1.82) is 0 Å². The summed E-state index contributed by atoms with van der Waals surface area (Å²) in [6.45, 7) is 2.15. The van der Waals surface area contributed by atoms with Crippen molar-refractivity contribution in [3.05, 3.63) is 29.8 Å². The lowest BCUT2D eigenvalue weighted by Crippen LogP contribution is -2.41. The van der Waals surface area contributed by atoms with Gasteiger partial charge in [-0.2, -0.15) is 5.10 Å². The van der Waals surface area contributed by atoms with Crippen molar-refractivity contribution >= 4 is 23.9 Å². The van der Waals surface area contributed by atoms with E-state index in [1.165, 1.54) is 6.21 Å². The normalized spacial score (nSPS) is 20.5. The number of ether oxygens (including phenoxy) is 3. The Bertz CT molecular complexity index is 771. The molecular weight excluding hydrogens is 404 g/mol. The molecule has 2 aliphatic heterocycles. The van der Waals surface area contributed by atoms with E-state index in [1.807, 2.05) is 0 Å². The van der Waals surface area contributed by atoms with Crippen LogP contribution in [0.2, 0.25) is 0 Å². The van der Waals surface area contributed by atoms with Gasteiger partial charge in [0.15, 0.2) is 6.61 Å². The minimum Gasteiger partial charge on any atom is -0.484 e. The van der Waals surface area contributed by atoms with Crippen molar-refractivity contribution < 1.29 is 28.6 Å². The minimum absolute atomic E-state index is 0.0339. The summed E-state index contributed by atoms with van der Waals surface area (Å²) < 4.78 is 16.3. The van der Waals surface area contributed by atoms with Crippen LogP contribution in [0.1, 0.15) is 31.2 Å². The average Bonchev–Trinajstić information content (AvgIpc) is 3.49. The fraction of sp³-hybridized carbons (Fsp3) is 0.524. The molecule has 3 N–H and O–H groups in total. The smallest absolute Gasteiger partial charge is 0.329 e. The first-order valence-electron chi connectivity index (χ1n) is 10.4. The molecule has 0 bridgehead atoms. The second-order valence-electron chi connectivity index (χ2n) is 7.34. The van der Waals surface area contributed by atoms with Gasteiger partial charge in [0, 0.05) is 26.3 Å². The van der Waals surface area contributed by atoms with Crippen molar-refractivity contribution in [2.24, 2.45) is 5.10 Å². The lowest BCUT2D eigenvalue weighted by atomic mass is 10.2. The van der Waals surface area contributed by atoms with Crippen LogP contribution in [0.4, 0.5) is 0 Å². The van der Waals surface area contributed by atoms with Gasteiger partial charge < -0.3 is 24.8 Å². The molecule has 1 aromatic rings. The first-order valence-corrected chi connectivity index (χ1v) is 10.4. The number of hydrogen-bond donors (Lipinski definition) is 3. The van der Waals surface area contributed by atoms with E-state index in [1.54, 1.807) is 24.3 Å². The fourth-order valence-electron chi connectivity index (χ4n) is 3.19. The Labute approximate surface area is 180 Å². The third-order valence-electron chi connectivity index (χ3n) is 4.90. The Kier molecular flexibility index (Phi) is 8.80. The van der Waals surface area contributed by atoms with Crippen LogP contribution in [0, 0.1) is 0 Å². The number of benzene rings is 1.